The molecule has 2 N–H and O–H groups in total. The van der Waals surface area contributed by atoms with E-state index in [0.29, 0.717) is 10.7 Å². The smallest absolute Gasteiger partial charge is 0.284 e. The van der Waals surface area contributed by atoms with E-state index in [1.54, 1.807) is 18.6 Å². The number of fused-ring (bicyclic) bond motifs is 1. The highest BCUT2D eigenvalue weighted by Gasteiger charge is 2.12. The van der Waals surface area contributed by atoms with E-state index in [2.05, 4.69) is 25.5 Å². The third-order valence-electron chi connectivity index (χ3n) is 2.14. The van der Waals surface area contributed by atoms with E-state index in [1.165, 1.54) is 17.5 Å². The molecule has 3 rings (SSSR count). The molecule has 84 valence electrons. The van der Waals surface area contributed by atoms with Gasteiger partial charge in [-0.15, -0.1) is 11.3 Å². The van der Waals surface area contributed by atoms with Crippen LogP contribution >= 0.6 is 11.3 Å². The maximum Gasteiger partial charge on any atom is 0.284 e. The number of carbonyl (C=O) groups excluding carboxylic acids is 1. The number of thiazole rings is 1. The molecule has 3 aromatic heterocycles. The van der Waals surface area contributed by atoms with Crippen molar-refractivity contribution < 1.29 is 4.79 Å². The van der Waals surface area contributed by atoms with Crippen LogP contribution in [0.5, 0.6) is 0 Å². The van der Waals surface area contributed by atoms with Crippen molar-refractivity contribution in [3.05, 3.63) is 35.9 Å². The monoisotopic (exact) mass is 245 g/mol. The molecule has 0 aliphatic carbocycles. The number of H-pyrrole nitrogens is 1. The van der Waals surface area contributed by atoms with Gasteiger partial charge < -0.3 is 5.32 Å². The lowest BCUT2D eigenvalue weighted by Gasteiger charge is -1.96. The Morgan fingerprint density at radius 2 is 2.35 bits per heavy atom. The Balaban J connectivity index is 1.90. The second kappa shape index (κ2) is 3.95. The third kappa shape index (κ3) is 1.87. The molecule has 0 fully saturated rings. The third-order valence-corrected chi connectivity index (χ3v) is 3.18. The Bertz CT molecular complexity index is 627. The van der Waals surface area contributed by atoms with Crippen LogP contribution in [0.2, 0.25) is 0 Å². The van der Waals surface area contributed by atoms with Crippen LogP contribution in [-0.2, 0) is 0 Å². The van der Waals surface area contributed by atoms with Gasteiger partial charge in [0.1, 0.15) is 5.52 Å². The summed E-state index contributed by atoms with van der Waals surface area (Å²) in [6.07, 6.45) is 6.46. The van der Waals surface area contributed by atoms with Crippen LogP contribution in [0.1, 0.15) is 9.80 Å². The first-order valence-electron chi connectivity index (χ1n) is 4.83. The number of pyridine rings is 1. The molecule has 3 aromatic rings. The van der Waals surface area contributed by atoms with E-state index in [4.69, 9.17) is 0 Å². The summed E-state index contributed by atoms with van der Waals surface area (Å²) in [5.41, 5.74) is 1.35. The largest absolute Gasteiger partial charge is 0.317 e. The molecule has 0 atom stereocenters. The minimum Gasteiger partial charge on any atom is -0.317 e. The maximum absolute atomic E-state index is 11.9. The molecule has 0 unspecified atom stereocenters. The summed E-state index contributed by atoms with van der Waals surface area (Å²) in [6.45, 7) is 0. The molecular formula is C10H7N5OS. The quantitative estimate of drug-likeness (QED) is 0.719. The molecule has 0 radical (unpaired) electrons. The second-order valence-electron chi connectivity index (χ2n) is 3.30. The van der Waals surface area contributed by atoms with Crippen LogP contribution in [0.15, 0.2) is 30.9 Å². The topological polar surface area (TPSA) is 83.6 Å². The Morgan fingerprint density at radius 1 is 1.41 bits per heavy atom. The van der Waals surface area contributed by atoms with Crippen LogP contribution in [-0.4, -0.2) is 26.1 Å². The predicted molar refractivity (Wildman–Crippen MR) is 64.0 cm³/mol. The van der Waals surface area contributed by atoms with Gasteiger partial charge >= 0.3 is 0 Å². The van der Waals surface area contributed by atoms with Crippen molar-refractivity contribution in [1.82, 2.24) is 20.2 Å². The number of anilines is 1. The predicted octanol–water partition coefficient (Wildman–Crippen LogP) is 1.67. The number of aromatic nitrogens is 4. The van der Waals surface area contributed by atoms with E-state index in [0.717, 1.165) is 10.2 Å². The number of nitrogens with one attached hydrogen (secondary N) is 2. The molecule has 6 nitrogen and oxygen atoms in total. The lowest BCUT2D eigenvalue weighted by molar-refractivity contribution is 0.102. The molecule has 0 spiro atoms. The van der Waals surface area contributed by atoms with Gasteiger partial charge in [-0.3, -0.25) is 14.9 Å². The molecule has 17 heavy (non-hydrogen) atoms. The molecule has 0 bridgehead atoms. The normalized spacial score (nSPS) is 10.6. The number of hydrogen-bond acceptors (Lipinski definition) is 5. The summed E-state index contributed by atoms with van der Waals surface area (Å²) >= 11 is 1.33. The first-order valence-corrected chi connectivity index (χ1v) is 5.65. The van der Waals surface area contributed by atoms with E-state index < -0.39 is 0 Å². The number of carbonyl (C=O) groups is 1. The zero-order valence-electron chi connectivity index (χ0n) is 8.54. The molecule has 0 saturated carbocycles. The summed E-state index contributed by atoms with van der Waals surface area (Å²) in [5.74, 6) is -0.243. The van der Waals surface area contributed by atoms with Gasteiger partial charge in [0.15, 0.2) is 5.01 Å². The summed E-state index contributed by atoms with van der Waals surface area (Å²) in [7, 11) is 0. The molecule has 0 aromatic carbocycles. The fourth-order valence-corrected chi connectivity index (χ4v) is 2.21. The second-order valence-corrected chi connectivity index (χ2v) is 4.33. The first kappa shape index (κ1) is 9.91. The minimum atomic E-state index is -0.243. The van der Waals surface area contributed by atoms with Gasteiger partial charge in [-0.25, -0.2) is 4.98 Å². The van der Waals surface area contributed by atoms with E-state index >= 15 is 0 Å². The molecule has 3 heterocycles. The van der Waals surface area contributed by atoms with Crippen LogP contribution in [0.3, 0.4) is 0 Å². The van der Waals surface area contributed by atoms with Crippen molar-refractivity contribution in [2.24, 2.45) is 0 Å². The van der Waals surface area contributed by atoms with Crippen LogP contribution in [0, 0.1) is 0 Å². The van der Waals surface area contributed by atoms with Gasteiger partial charge in [0.05, 0.1) is 22.8 Å². The van der Waals surface area contributed by atoms with Crippen LogP contribution in [0.25, 0.3) is 10.2 Å². The van der Waals surface area contributed by atoms with Crippen molar-refractivity contribution in [2.75, 3.05) is 5.32 Å². The van der Waals surface area contributed by atoms with Gasteiger partial charge in [0, 0.05) is 12.4 Å². The van der Waals surface area contributed by atoms with Crippen molar-refractivity contribution in [1.29, 1.82) is 0 Å². The average Bonchev–Trinajstić information content (AvgIpc) is 2.96. The van der Waals surface area contributed by atoms with Gasteiger partial charge in [-0.1, -0.05) is 0 Å². The van der Waals surface area contributed by atoms with Crippen LogP contribution in [0.4, 0.5) is 5.69 Å². The fraction of sp³-hybridized carbons (Fsp3) is 0. The average molecular weight is 245 g/mol. The van der Waals surface area contributed by atoms with Gasteiger partial charge in [-0.05, 0) is 6.07 Å². The summed E-state index contributed by atoms with van der Waals surface area (Å²) in [5, 5.41) is 9.47. The highest BCUT2D eigenvalue weighted by atomic mass is 32.1. The molecule has 7 heteroatoms. The lowest BCUT2D eigenvalue weighted by Crippen LogP contribution is -2.10. The Morgan fingerprint density at radius 3 is 3.12 bits per heavy atom. The maximum atomic E-state index is 11.9. The molecular weight excluding hydrogens is 238 g/mol. The number of nitrogens with zero attached hydrogens (tertiary/aromatic N) is 3. The molecule has 1 amide bonds. The highest BCUT2D eigenvalue weighted by molar-refractivity contribution is 7.20. The first-order chi connectivity index (χ1) is 8.33. The molecule has 0 saturated heterocycles. The van der Waals surface area contributed by atoms with Crippen molar-refractivity contribution >= 4 is 33.1 Å². The van der Waals surface area contributed by atoms with Crippen molar-refractivity contribution in [2.45, 2.75) is 0 Å². The number of amides is 1. The summed E-state index contributed by atoms with van der Waals surface area (Å²) in [4.78, 5) is 20.0. The zero-order valence-corrected chi connectivity index (χ0v) is 9.36. The fourth-order valence-electron chi connectivity index (χ4n) is 1.38. The Kier molecular flexibility index (Phi) is 2.30. The van der Waals surface area contributed by atoms with E-state index in [-0.39, 0.29) is 5.91 Å². The molecule has 0 aliphatic heterocycles. The van der Waals surface area contributed by atoms with Gasteiger partial charge in [0.2, 0.25) is 0 Å². The number of aromatic amines is 1. The Labute approximate surface area is 99.7 Å². The SMILES string of the molecule is O=C(Nc1cn[nH]c1)c1nc2cnccc2s1. The number of rotatable bonds is 2. The summed E-state index contributed by atoms with van der Waals surface area (Å²) in [6, 6.07) is 1.83. The van der Waals surface area contributed by atoms with Crippen LogP contribution < -0.4 is 5.32 Å². The minimum absolute atomic E-state index is 0.243. The standard InChI is InChI=1S/C10H7N5OS/c16-9(14-6-3-12-13-4-6)10-15-7-5-11-2-1-8(7)17-10/h1-5H,(H,12,13)(H,14,16). The van der Waals surface area contributed by atoms with Crippen molar-refractivity contribution in [3.8, 4) is 0 Å². The Hall–Kier alpha value is -2.28. The van der Waals surface area contributed by atoms with E-state index in [1.807, 2.05) is 6.07 Å². The van der Waals surface area contributed by atoms with Crippen molar-refractivity contribution in [3.63, 3.8) is 0 Å². The zero-order chi connectivity index (χ0) is 11.7. The van der Waals surface area contributed by atoms with E-state index in [9.17, 15) is 4.79 Å². The summed E-state index contributed by atoms with van der Waals surface area (Å²) < 4.78 is 0.942. The van der Waals surface area contributed by atoms with Gasteiger partial charge in [0.25, 0.3) is 5.91 Å². The lowest BCUT2D eigenvalue weighted by atomic mass is 10.4. The highest BCUT2D eigenvalue weighted by Crippen LogP contribution is 2.21. The number of hydrogen-bond donors (Lipinski definition) is 2. The molecule has 0 aliphatic rings. The van der Waals surface area contributed by atoms with Gasteiger partial charge in [-0.2, -0.15) is 5.10 Å².